The van der Waals surface area contributed by atoms with E-state index in [-0.39, 0.29) is 16.4 Å². The van der Waals surface area contributed by atoms with Gasteiger partial charge in [0.1, 0.15) is 0 Å². The van der Waals surface area contributed by atoms with Gasteiger partial charge >= 0.3 is 0 Å². The SMILES string of the molecule is CCc1ccc(CN(C)C(=O)c2cc(S(N)(=O)=O)ccc2Br)cc1. The fraction of sp³-hybridized carbons (Fsp3) is 0.235. The normalized spacial score (nSPS) is 11.3. The van der Waals surface area contributed by atoms with Crippen molar-refractivity contribution in [2.45, 2.75) is 24.8 Å². The number of sulfonamides is 1. The van der Waals surface area contributed by atoms with Crippen molar-refractivity contribution < 1.29 is 13.2 Å². The minimum atomic E-state index is -3.86. The molecule has 0 saturated carbocycles. The van der Waals surface area contributed by atoms with Gasteiger partial charge in [-0.15, -0.1) is 0 Å². The summed E-state index contributed by atoms with van der Waals surface area (Å²) in [6.45, 7) is 2.51. The van der Waals surface area contributed by atoms with Crippen LogP contribution in [0.2, 0.25) is 0 Å². The molecule has 0 saturated heterocycles. The third kappa shape index (κ3) is 4.43. The molecule has 0 aliphatic carbocycles. The second-order valence-corrected chi connectivity index (χ2v) is 7.93. The Balaban J connectivity index is 2.23. The second kappa shape index (κ2) is 7.46. The first kappa shape index (κ1) is 18.6. The lowest BCUT2D eigenvalue weighted by Gasteiger charge is -2.18. The molecule has 128 valence electrons. The molecular weight excluding hydrogens is 392 g/mol. The molecular formula is C17H19BrN2O3S. The molecule has 7 heteroatoms. The molecule has 0 radical (unpaired) electrons. The Labute approximate surface area is 150 Å². The standard InChI is InChI=1S/C17H19BrN2O3S/c1-3-12-4-6-13(7-5-12)11-20(2)17(21)15-10-14(24(19,22)23)8-9-16(15)18/h4-10H,3,11H2,1-2H3,(H2,19,22,23). The van der Waals surface area contributed by atoms with Crippen LogP contribution < -0.4 is 5.14 Å². The Hall–Kier alpha value is -1.70. The topological polar surface area (TPSA) is 80.5 Å². The maximum absolute atomic E-state index is 12.6. The summed E-state index contributed by atoms with van der Waals surface area (Å²) in [6, 6.07) is 12.2. The van der Waals surface area contributed by atoms with Gasteiger partial charge in [0.05, 0.1) is 10.5 Å². The number of hydrogen-bond donors (Lipinski definition) is 1. The summed E-state index contributed by atoms with van der Waals surface area (Å²) >= 11 is 3.29. The predicted molar refractivity (Wildman–Crippen MR) is 97.1 cm³/mol. The summed E-state index contributed by atoms with van der Waals surface area (Å²) in [5.74, 6) is -0.285. The molecule has 0 unspecified atom stereocenters. The van der Waals surface area contributed by atoms with Crippen LogP contribution in [0.15, 0.2) is 51.8 Å². The zero-order valence-corrected chi connectivity index (χ0v) is 15.9. The second-order valence-electron chi connectivity index (χ2n) is 5.52. The van der Waals surface area contributed by atoms with Crippen LogP contribution in [0.3, 0.4) is 0 Å². The summed E-state index contributed by atoms with van der Waals surface area (Å²) in [5, 5.41) is 5.13. The fourth-order valence-electron chi connectivity index (χ4n) is 2.28. The van der Waals surface area contributed by atoms with Crippen LogP contribution >= 0.6 is 15.9 Å². The minimum absolute atomic E-state index is 0.0882. The van der Waals surface area contributed by atoms with Crippen LogP contribution in [0.4, 0.5) is 0 Å². The van der Waals surface area contributed by atoms with Gasteiger partial charge in [-0.2, -0.15) is 0 Å². The quantitative estimate of drug-likeness (QED) is 0.822. The molecule has 0 heterocycles. The van der Waals surface area contributed by atoms with Gasteiger partial charge < -0.3 is 4.90 Å². The largest absolute Gasteiger partial charge is 0.337 e. The van der Waals surface area contributed by atoms with E-state index in [1.54, 1.807) is 7.05 Å². The first-order valence-electron chi connectivity index (χ1n) is 7.38. The van der Waals surface area contributed by atoms with Crippen molar-refractivity contribution in [2.24, 2.45) is 5.14 Å². The maximum Gasteiger partial charge on any atom is 0.255 e. The van der Waals surface area contributed by atoms with Gasteiger partial charge in [0, 0.05) is 18.1 Å². The van der Waals surface area contributed by atoms with Crippen molar-refractivity contribution in [1.82, 2.24) is 4.90 Å². The molecule has 5 nitrogen and oxygen atoms in total. The lowest BCUT2D eigenvalue weighted by Crippen LogP contribution is -2.27. The maximum atomic E-state index is 12.6. The molecule has 0 spiro atoms. The van der Waals surface area contributed by atoms with Crippen LogP contribution in [-0.4, -0.2) is 26.3 Å². The lowest BCUT2D eigenvalue weighted by atomic mass is 10.1. The minimum Gasteiger partial charge on any atom is -0.337 e. The smallest absolute Gasteiger partial charge is 0.255 e. The molecule has 1 amide bonds. The Morgan fingerprint density at radius 2 is 1.71 bits per heavy atom. The van der Waals surface area contributed by atoms with Gasteiger partial charge in [0.15, 0.2) is 0 Å². The number of halogens is 1. The van der Waals surface area contributed by atoms with Gasteiger partial charge in [-0.05, 0) is 51.7 Å². The first-order chi connectivity index (χ1) is 11.2. The average Bonchev–Trinajstić information content (AvgIpc) is 2.54. The predicted octanol–water partition coefficient (Wildman–Crippen LogP) is 2.93. The average molecular weight is 411 g/mol. The van der Waals surface area contributed by atoms with Gasteiger partial charge in [0.2, 0.25) is 10.0 Å². The van der Waals surface area contributed by atoms with Crippen molar-refractivity contribution in [1.29, 1.82) is 0 Å². The number of hydrogen-bond acceptors (Lipinski definition) is 3. The number of rotatable bonds is 5. The lowest BCUT2D eigenvalue weighted by molar-refractivity contribution is 0.0784. The van der Waals surface area contributed by atoms with Crippen LogP contribution in [0, 0.1) is 0 Å². The van der Waals surface area contributed by atoms with E-state index in [0.29, 0.717) is 11.0 Å². The number of aryl methyl sites for hydroxylation is 1. The highest BCUT2D eigenvalue weighted by Gasteiger charge is 2.18. The summed E-state index contributed by atoms with van der Waals surface area (Å²) in [4.78, 5) is 14.1. The zero-order valence-electron chi connectivity index (χ0n) is 13.5. The molecule has 0 bridgehead atoms. The van der Waals surface area contributed by atoms with Gasteiger partial charge in [-0.1, -0.05) is 31.2 Å². The van der Waals surface area contributed by atoms with E-state index in [9.17, 15) is 13.2 Å². The molecule has 0 aliphatic rings. The van der Waals surface area contributed by atoms with Crippen LogP contribution in [0.25, 0.3) is 0 Å². The molecule has 0 fully saturated rings. The highest BCUT2D eigenvalue weighted by molar-refractivity contribution is 9.10. The molecule has 24 heavy (non-hydrogen) atoms. The van der Waals surface area contributed by atoms with Crippen LogP contribution in [0.1, 0.15) is 28.4 Å². The van der Waals surface area contributed by atoms with E-state index in [1.165, 1.54) is 28.7 Å². The number of amides is 1. The third-order valence-electron chi connectivity index (χ3n) is 3.69. The zero-order chi connectivity index (χ0) is 17.9. The Kier molecular flexibility index (Phi) is 5.79. The summed E-state index contributed by atoms with van der Waals surface area (Å²) in [7, 11) is -2.19. The number of carbonyl (C=O) groups excluding carboxylic acids is 1. The molecule has 2 rings (SSSR count). The number of primary sulfonamides is 1. The van der Waals surface area contributed by atoms with E-state index in [1.807, 2.05) is 24.3 Å². The number of nitrogens with two attached hydrogens (primary N) is 1. The Morgan fingerprint density at radius 1 is 1.12 bits per heavy atom. The van der Waals surface area contributed by atoms with Crippen LogP contribution in [0.5, 0.6) is 0 Å². The molecule has 0 aromatic heterocycles. The molecule has 2 aromatic rings. The van der Waals surface area contributed by atoms with E-state index in [2.05, 4.69) is 22.9 Å². The Bertz CT molecular complexity index is 849. The van der Waals surface area contributed by atoms with Crippen molar-refractivity contribution in [3.05, 3.63) is 63.6 Å². The molecule has 0 aliphatic heterocycles. The van der Waals surface area contributed by atoms with Crippen molar-refractivity contribution in [2.75, 3.05) is 7.05 Å². The summed E-state index contributed by atoms with van der Waals surface area (Å²) in [5.41, 5.74) is 2.49. The number of carbonyl (C=O) groups is 1. The molecule has 2 aromatic carbocycles. The third-order valence-corrected chi connectivity index (χ3v) is 5.30. The molecule has 0 atom stereocenters. The van der Waals surface area contributed by atoms with Gasteiger partial charge in [-0.25, -0.2) is 13.6 Å². The van der Waals surface area contributed by atoms with Crippen molar-refractivity contribution in [3.8, 4) is 0 Å². The van der Waals surface area contributed by atoms with Gasteiger partial charge in [-0.3, -0.25) is 4.79 Å². The first-order valence-corrected chi connectivity index (χ1v) is 9.72. The highest BCUT2D eigenvalue weighted by atomic mass is 79.9. The van der Waals surface area contributed by atoms with E-state index < -0.39 is 10.0 Å². The number of benzene rings is 2. The number of nitrogens with zero attached hydrogens (tertiary/aromatic N) is 1. The summed E-state index contributed by atoms with van der Waals surface area (Å²) < 4.78 is 23.5. The van der Waals surface area contributed by atoms with E-state index >= 15 is 0 Å². The summed E-state index contributed by atoms with van der Waals surface area (Å²) in [6.07, 6.45) is 0.961. The van der Waals surface area contributed by atoms with E-state index in [0.717, 1.165) is 12.0 Å². The highest BCUT2D eigenvalue weighted by Crippen LogP contribution is 2.22. The van der Waals surface area contributed by atoms with Gasteiger partial charge in [0.25, 0.3) is 5.91 Å². The van der Waals surface area contributed by atoms with Crippen molar-refractivity contribution in [3.63, 3.8) is 0 Å². The molecule has 2 N–H and O–H groups in total. The monoisotopic (exact) mass is 410 g/mol. The van der Waals surface area contributed by atoms with Crippen molar-refractivity contribution >= 4 is 31.9 Å². The fourth-order valence-corrected chi connectivity index (χ4v) is 3.23. The van der Waals surface area contributed by atoms with Crippen LogP contribution in [-0.2, 0) is 23.0 Å². The Morgan fingerprint density at radius 3 is 2.25 bits per heavy atom. The van der Waals surface area contributed by atoms with E-state index in [4.69, 9.17) is 5.14 Å².